The third kappa shape index (κ3) is 8.12. The van der Waals surface area contributed by atoms with Gasteiger partial charge in [0.15, 0.2) is 0 Å². The van der Waals surface area contributed by atoms with E-state index in [1.807, 2.05) is 6.92 Å². The Labute approximate surface area is 103 Å². The maximum absolute atomic E-state index is 11.5. The number of carbonyl (C=O) groups excluding carboxylic acids is 1. The second-order valence-corrected chi connectivity index (χ2v) is 6.30. The molecule has 0 rings (SSSR count). The van der Waals surface area contributed by atoms with E-state index in [-0.39, 0.29) is 0 Å². The molecular weight excluding hydrogens is 244 g/mol. The third-order valence-corrected chi connectivity index (χ3v) is 2.88. The first kappa shape index (κ1) is 16.3. The molecule has 0 aliphatic rings. The third-order valence-electron chi connectivity index (χ3n) is 1.63. The summed E-state index contributed by atoms with van der Waals surface area (Å²) in [5.74, 6) is -0.598. The molecule has 102 valence electrons. The van der Waals surface area contributed by atoms with Crippen LogP contribution < -0.4 is 9.44 Å². The molecule has 1 atom stereocenters. The van der Waals surface area contributed by atoms with Crippen LogP contribution in [0.4, 0.5) is 0 Å². The molecule has 0 saturated heterocycles. The lowest BCUT2D eigenvalue weighted by atomic mass is 10.2. The minimum Gasteiger partial charge on any atom is -0.459 e. The van der Waals surface area contributed by atoms with E-state index in [0.717, 1.165) is 0 Å². The number of rotatable bonds is 6. The first-order valence-electron chi connectivity index (χ1n) is 5.57. The van der Waals surface area contributed by atoms with E-state index >= 15 is 0 Å². The van der Waals surface area contributed by atoms with E-state index in [2.05, 4.69) is 9.44 Å². The van der Waals surface area contributed by atoms with Crippen molar-refractivity contribution in [2.24, 2.45) is 0 Å². The van der Waals surface area contributed by atoms with Gasteiger partial charge in [-0.15, -0.1) is 0 Å². The Balaban J connectivity index is 4.34. The van der Waals surface area contributed by atoms with Crippen molar-refractivity contribution < 1.29 is 17.9 Å². The van der Waals surface area contributed by atoms with Crippen LogP contribution in [0.1, 0.15) is 41.0 Å². The van der Waals surface area contributed by atoms with E-state index in [1.165, 1.54) is 6.92 Å². The molecule has 0 aliphatic carbocycles. The van der Waals surface area contributed by atoms with Gasteiger partial charge in [-0.25, -0.2) is 4.72 Å². The second kappa shape index (κ2) is 6.32. The predicted molar refractivity (Wildman–Crippen MR) is 65.7 cm³/mol. The number of esters is 1. The van der Waals surface area contributed by atoms with Gasteiger partial charge in [-0.05, 0) is 34.1 Å². The van der Waals surface area contributed by atoms with Crippen LogP contribution in [-0.2, 0) is 19.7 Å². The molecule has 0 aromatic carbocycles. The summed E-state index contributed by atoms with van der Waals surface area (Å²) < 4.78 is 32.4. The molecular formula is C10H22N2O4S. The van der Waals surface area contributed by atoms with Gasteiger partial charge in [0.2, 0.25) is 0 Å². The molecule has 0 fully saturated rings. The van der Waals surface area contributed by atoms with E-state index in [9.17, 15) is 13.2 Å². The van der Waals surface area contributed by atoms with Crippen molar-refractivity contribution in [3.8, 4) is 0 Å². The maximum Gasteiger partial charge on any atom is 0.324 e. The topological polar surface area (TPSA) is 84.5 Å². The van der Waals surface area contributed by atoms with Crippen LogP contribution in [0.2, 0.25) is 0 Å². The highest BCUT2D eigenvalue weighted by molar-refractivity contribution is 7.87. The van der Waals surface area contributed by atoms with Crippen molar-refractivity contribution in [1.82, 2.24) is 9.44 Å². The largest absolute Gasteiger partial charge is 0.459 e. The Hall–Kier alpha value is -0.660. The van der Waals surface area contributed by atoms with Crippen molar-refractivity contribution in [3.05, 3.63) is 0 Å². The zero-order valence-electron chi connectivity index (χ0n) is 11.0. The van der Waals surface area contributed by atoms with Gasteiger partial charge >= 0.3 is 5.97 Å². The van der Waals surface area contributed by atoms with Crippen molar-refractivity contribution in [2.45, 2.75) is 52.7 Å². The highest BCUT2D eigenvalue weighted by Crippen LogP contribution is 2.08. The summed E-state index contributed by atoms with van der Waals surface area (Å²) >= 11 is 0. The molecule has 0 spiro atoms. The number of ether oxygens (including phenoxy) is 1. The lowest BCUT2D eigenvalue weighted by molar-refractivity contribution is -0.156. The molecule has 2 N–H and O–H groups in total. The van der Waals surface area contributed by atoms with Crippen molar-refractivity contribution in [3.63, 3.8) is 0 Å². The monoisotopic (exact) mass is 266 g/mol. The van der Waals surface area contributed by atoms with Gasteiger partial charge in [0.25, 0.3) is 10.2 Å². The van der Waals surface area contributed by atoms with E-state index < -0.39 is 27.8 Å². The summed E-state index contributed by atoms with van der Waals surface area (Å²) in [5, 5.41) is 0. The molecule has 0 unspecified atom stereocenters. The molecule has 17 heavy (non-hydrogen) atoms. The number of hydrogen-bond acceptors (Lipinski definition) is 4. The van der Waals surface area contributed by atoms with Crippen LogP contribution in [0.5, 0.6) is 0 Å². The van der Waals surface area contributed by atoms with Gasteiger partial charge in [0.1, 0.15) is 11.6 Å². The molecule has 0 saturated carbocycles. The average Bonchev–Trinajstić information content (AvgIpc) is 2.11. The molecule has 0 aliphatic heterocycles. The van der Waals surface area contributed by atoms with Gasteiger partial charge in [-0.1, -0.05) is 6.92 Å². The lowest BCUT2D eigenvalue weighted by Gasteiger charge is -2.22. The summed E-state index contributed by atoms with van der Waals surface area (Å²) in [7, 11) is -3.64. The Kier molecular flexibility index (Phi) is 6.08. The Bertz CT molecular complexity index is 346. The summed E-state index contributed by atoms with van der Waals surface area (Å²) in [5.41, 5.74) is -0.631. The fourth-order valence-corrected chi connectivity index (χ4v) is 2.07. The predicted octanol–water partition coefficient (Wildman–Crippen LogP) is 0.551. The van der Waals surface area contributed by atoms with E-state index in [4.69, 9.17) is 4.74 Å². The summed E-state index contributed by atoms with van der Waals surface area (Å²) in [4.78, 5) is 11.5. The van der Waals surface area contributed by atoms with Crippen LogP contribution in [0.15, 0.2) is 0 Å². The van der Waals surface area contributed by atoms with Crippen LogP contribution in [0.25, 0.3) is 0 Å². The highest BCUT2D eigenvalue weighted by Gasteiger charge is 2.24. The molecule has 0 heterocycles. The first-order valence-corrected chi connectivity index (χ1v) is 7.05. The molecule has 0 aromatic rings. The Morgan fingerprint density at radius 2 is 1.88 bits per heavy atom. The molecule has 7 heteroatoms. The quantitative estimate of drug-likeness (QED) is 0.688. The number of nitrogens with one attached hydrogen (secondary N) is 2. The maximum atomic E-state index is 11.5. The smallest absolute Gasteiger partial charge is 0.324 e. The van der Waals surface area contributed by atoms with Crippen molar-refractivity contribution in [2.75, 3.05) is 6.54 Å². The van der Waals surface area contributed by atoms with Crippen LogP contribution >= 0.6 is 0 Å². The van der Waals surface area contributed by atoms with Crippen LogP contribution in [-0.4, -0.2) is 32.6 Å². The molecule has 0 amide bonds. The molecule has 6 nitrogen and oxygen atoms in total. The summed E-state index contributed by atoms with van der Waals surface area (Å²) in [6, 6.07) is -0.913. The number of hydrogen-bond donors (Lipinski definition) is 2. The van der Waals surface area contributed by atoms with E-state index in [0.29, 0.717) is 13.0 Å². The first-order chi connectivity index (χ1) is 7.57. The fraction of sp³-hybridized carbons (Fsp3) is 0.900. The lowest BCUT2D eigenvalue weighted by Crippen LogP contribution is -2.47. The van der Waals surface area contributed by atoms with Gasteiger partial charge in [0.05, 0.1) is 0 Å². The van der Waals surface area contributed by atoms with Crippen molar-refractivity contribution in [1.29, 1.82) is 0 Å². The van der Waals surface area contributed by atoms with Gasteiger partial charge < -0.3 is 4.74 Å². The zero-order valence-corrected chi connectivity index (χ0v) is 11.8. The normalized spacial score (nSPS) is 14.4. The molecule has 0 aromatic heterocycles. The van der Waals surface area contributed by atoms with Crippen LogP contribution in [0, 0.1) is 0 Å². The fourth-order valence-electron chi connectivity index (χ4n) is 0.949. The average molecular weight is 266 g/mol. The second-order valence-electron chi connectivity index (χ2n) is 4.77. The zero-order chi connectivity index (χ0) is 13.7. The molecule has 0 radical (unpaired) electrons. The minimum atomic E-state index is -3.64. The summed E-state index contributed by atoms with van der Waals surface area (Å²) in [6.07, 6.45) is 0.682. The van der Waals surface area contributed by atoms with Crippen molar-refractivity contribution >= 4 is 16.2 Å². The minimum absolute atomic E-state index is 0.330. The standard InChI is InChI=1S/C10H22N2O4S/c1-6-7-11-17(14,15)12-8(2)9(13)16-10(3,4)5/h8,11-12H,6-7H2,1-5H3/t8-/m0/s1. The Morgan fingerprint density at radius 1 is 1.35 bits per heavy atom. The highest BCUT2D eigenvalue weighted by atomic mass is 32.2. The number of carbonyl (C=O) groups is 1. The molecule has 0 bridgehead atoms. The van der Waals surface area contributed by atoms with Gasteiger partial charge in [-0.2, -0.15) is 13.1 Å². The van der Waals surface area contributed by atoms with E-state index in [1.54, 1.807) is 20.8 Å². The van der Waals surface area contributed by atoms with Crippen LogP contribution in [0.3, 0.4) is 0 Å². The Morgan fingerprint density at radius 3 is 2.29 bits per heavy atom. The van der Waals surface area contributed by atoms with Gasteiger partial charge in [0, 0.05) is 6.54 Å². The van der Waals surface area contributed by atoms with Gasteiger partial charge in [-0.3, -0.25) is 4.79 Å². The summed E-state index contributed by atoms with van der Waals surface area (Å²) in [6.45, 7) is 8.79. The SMILES string of the molecule is CCCNS(=O)(=O)N[C@@H](C)C(=O)OC(C)(C)C.